The number of phenols is 2. The highest BCUT2D eigenvalue weighted by atomic mass is 16.3. The molecule has 0 fully saturated rings. The third kappa shape index (κ3) is 2.69. The van der Waals surface area contributed by atoms with Gasteiger partial charge in [0.1, 0.15) is 11.5 Å². The maximum Gasteiger partial charge on any atom is 0.248 e. The van der Waals surface area contributed by atoms with Crippen LogP contribution in [0.3, 0.4) is 0 Å². The van der Waals surface area contributed by atoms with Crippen LogP contribution in [-0.4, -0.2) is 21.4 Å². The lowest BCUT2D eigenvalue weighted by Gasteiger charge is -2.03. The van der Waals surface area contributed by atoms with Crippen molar-refractivity contribution in [2.45, 2.75) is 6.92 Å². The molecular weight excluding hydrogens is 280 g/mol. The van der Waals surface area contributed by atoms with Gasteiger partial charge in [-0.25, -0.2) is 0 Å². The quantitative estimate of drug-likeness (QED) is 0.635. The smallest absolute Gasteiger partial charge is 0.248 e. The van der Waals surface area contributed by atoms with Gasteiger partial charge in [0.15, 0.2) is 0 Å². The molecular formula is C17H14N2O3. The molecule has 2 aromatic carbocycles. The molecule has 0 amide bonds. The molecule has 1 aromatic heterocycles. The van der Waals surface area contributed by atoms with Crippen LogP contribution in [0.1, 0.15) is 11.1 Å². The molecule has 110 valence electrons. The van der Waals surface area contributed by atoms with E-state index in [2.05, 4.69) is 9.98 Å². The monoisotopic (exact) mass is 294 g/mol. The minimum absolute atomic E-state index is 0.00611. The first-order valence-electron chi connectivity index (χ1n) is 6.73. The largest absolute Gasteiger partial charge is 0.508 e. The fourth-order valence-corrected chi connectivity index (χ4v) is 2.29. The molecule has 0 spiro atoms. The number of aromatic hydroxyl groups is 2. The zero-order chi connectivity index (χ0) is 15.7. The van der Waals surface area contributed by atoms with E-state index in [1.54, 1.807) is 18.2 Å². The Kier molecular flexibility index (Phi) is 3.39. The number of aliphatic imine (C=N–C) groups is 1. The number of fused-ring (bicyclic) bond motifs is 1. The Hall–Kier alpha value is -3.08. The number of hydrogen-bond donors (Lipinski definition) is 3. The van der Waals surface area contributed by atoms with Crippen molar-refractivity contribution in [3.63, 3.8) is 0 Å². The van der Waals surface area contributed by atoms with Crippen LogP contribution in [0.5, 0.6) is 11.5 Å². The van der Waals surface area contributed by atoms with Gasteiger partial charge in [-0.3, -0.25) is 9.79 Å². The number of benzene rings is 2. The Labute approximate surface area is 126 Å². The number of phenolic OH excluding ortho intramolecular Hbond substituents is 2. The lowest BCUT2D eigenvalue weighted by molar-refractivity contribution is 0.450. The number of nitrogens with zero attached hydrogens (tertiary/aromatic N) is 1. The molecule has 5 nitrogen and oxygen atoms in total. The summed E-state index contributed by atoms with van der Waals surface area (Å²) in [6.45, 7) is 1.88. The second-order valence-corrected chi connectivity index (χ2v) is 5.05. The number of aromatic nitrogens is 1. The highest BCUT2D eigenvalue weighted by molar-refractivity contribution is 5.88. The van der Waals surface area contributed by atoms with E-state index in [1.807, 2.05) is 19.1 Å². The van der Waals surface area contributed by atoms with Gasteiger partial charge in [-0.1, -0.05) is 6.07 Å². The SMILES string of the molecule is Cc1cc(=O)[nH]c2cc(N=Cc3ccc(O)cc3O)ccc12. The topological polar surface area (TPSA) is 85.7 Å². The van der Waals surface area contributed by atoms with Crippen LogP contribution in [0.25, 0.3) is 10.9 Å². The highest BCUT2D eigenvalue weighted by Crippen LogP contribution is 2.24. The fourth-order valence-electron chi connectivity index (χ4n) is 2.29. The van der Waals surface area contributed by atoms with Gasteiger partial charge in [0, 0.05) is 29.3 Å². The van der Waals surface area contributed by atoms with Gasteiger partial charge in [-0.2, -0.15) is 0 Å². The molecule has 0 saturated carbocycles. The average molecular weight is 294 g/mol. The number of aryl methyl sites for hydroxylation is 1. The number of H-pyrrole nitrogens is 1. The normalized spacial score (nSPS) is 11.3. The zero-order valence-electron chi connectivity index (χ0n) is 11.9. The molecule has 0 radical (unpaired) electrons. The van der Waals surface area contributed by atoms with E-state index in [0.29, 0.717) is 11.3 Å². The van der Waals surface area contributed by atoms with E-state index >= 15 is 0 Å². The molecule has 0 aliphatic carbocycles. The minimum Gasteiger partial charge on any atom is -0.508 e. The van der Waals surface area contributed by atoms with E-state index in [1.165, 1.54) is 18.3 Å². The molecule has 1 heterocycles. The van der Waals surface area contributed by atoms with Crippen molar-refractivity contribution in [3.05, 3.63) is 63.9 Å². The molecule has 0 atom stereocenters. The van der Waals surface area contributed by atoms with Crippen LogP contribution in [-0.2, 0) is 0 Å². The van der Waals surface area contributed by atoms with E-state index in [4.69, 9.17) is 0 Å². The number of hydrogen-bond acceptors (Lipinski definition) is 4. The van der Waals surface area contributed by atoms with Crippen molar-refractivity contribution in [2.75, 3.05) is 0 Å². The standard InChI is InChI=1S/C17H14N2O3/c1-10-6-17(22)19-15-7-12(3-5-14(10)15)18-9-11-2-4-13(20)8-16(11)21/h2-9,20-21H,1H3,(H,19,22). The Morgan fingerprint density at radius 1 is 1.09 bits per heavy atom. The Morgan fingerprint density at radius 3 is 2.68 bits per heavy atom. The van der Waals surface area contributed by atoms with Gasteiger partial charge < -0.3 is 15.2 Å². The average Bonchev–Trinajstić information content (AvgIpc) is 2.45. The van der Waals surface area contributed by atoms with Crippen LogP contribution in [0, 0.1) is 6.92 Å². The number of rotatable bonds is 2. The molecule has 0 aliphatic rings. The lowest BCUT2D eigenvalue weighted by Crippen LogP contribution is -2.04. The molecule has 0 saturated heterocycles. The predicted molar refractivity (Wildman–Crippen MR) is 86.3 cm³/mol. The molecule has 3 rings (SSSR count). The van der Waals surface area contributed by atoms with Gasteiger partial charge >= 0.3 is 0 Å². The molecule has 22 heavy (non-hydrogen) atoms. The third-order valence-corrected chi connectivity index (χ3v) is 3.40. The molecule has 0 unspecified atom stereocenters. The highest BCUT2D eigenvalue weighted by Gasteiger charge is 2.02. The van der Waals surface area contributed by atoms with Crippen molar-refractivity contribution in [2.24, 2.45) is 4.99 Å². The molecule has 3 N–H and O–H groups in total. The van der Waals surface area contributed by atoms with Crippen LogP contribution in [0.2, 0.25) is 0 Å². The molecule has 5 heteroatoms. The second kappa shape index (κ2) is 5.37. The number of aromatic amines is 1. The summed E-state index contributed by atoms with van der Waals surface area (Å²) in [4.78, 5) is 18.6. The summed E-state index contributed by atoms with van der Waals surface area (Å²) in [5.41, 5.74) is 2.62. The van der Waals surface area contributed by atoms with E-state index < -0.39 is 0 Å². The number of nitrogens with one attached hydrogen (secondary N) is 1. The Bertz CT molecular complexity index is 942. The van der Waals surface area contributed by atoms with Gasteiger partial charge in [0.05, 0.1) is 11.2 Å². The Balaban J connectivity index is 2.00. The third-order valence-electron chi connectivity index (χ3n) is 3.40. The van der Waals surface area contributed by atoms with E-state index in [0.717, 1.165) is 16.5 Å². The van der Waals surface area contributed by atoms with Crippen molar-refractivity contribution in [1.29, 1.82) is 0 Å². The first-order chi connectivity index (χ1) is 10.5. The van der Waals surface area contributed by atoms with Crippen LogP contribution < -0.4 is 5.56 Å². The Morgan fingerprint density at radius 2 is 1.91 bits per heavy atom. The number of pyridine rings is 1. The van der Waals surface area contributed by atoms with E-state index in [-0.39, 0.29) is 17.1 Å². The molecule has 0 aliphatic heterocycles. The summed E-state index contributed by atoms with van der Waals surface area (Å²) in [5, 5.41) is 19.9. The summed E-state index contributed by atoms with van der Waals surface area (Å²) < 4.78 is 0. The van der Waals surface area contributed by atoms with Crippen LogP contribution in [0.15, 0.2) is 52.3 Å². The van der Waals surface area contributed by atoms with Gasteiger partial charge in [-0.15, -0.1) is 0 Å². The summed E-state index contributed by atoms with van der Waals surface area (Å²) in [6, 6.07) is 11.4. The van der Waals surface area contributed by atoms with Crippen molar-refractivity contribution in [3.8, 4) is 11.5 Å². The van der Waals surface area contributed by atoms with Crippen LogP contribution >= 0.6 is 0 Å². The maximum absolute atomic E-state index is 11.5. The second-order valence-electron chi connectivity index (χ2n) is 5.05. The summed E-state index contributed by atoms with van der Waals surface area (Å²) in [6.07, 6.45) is 1.50. The van der Waals surface area contributed by atoms with Crippen molar-refractivity contribution >= 4 is 22.8 Å². The van der Waals surface area contributed by atoms with Crippen molar-refractivity contribution in [1.82, 2.24) is 4.98 Å². The van der Waals surface area contributed by atoms with E-state index in [9.17, 15) is 15.0 Å². The molecule has 0 bridgehead atoms. The van der Waals surface area contributed by atoms with Gasteiger partial charge in [0.2, 0.25) is 5.56 Å². The van der Waals surface area contributed by atoms with Gasteiger partial charge in [-0.05, 0) is 36.8 Å². The molecule has 3 aromatic rings. The van der Waals surface area contributed by atoms with Gasteiger partial charge in [0.25, 0.3) is 0 Å². The van der Waals surface area contributed by atoms with Crippen molar-refractivity contribution < 1.29 is 10.2 Å². The predicted octanol–water partition coefficient (Wildman–Crippen LogP) is 3.00. The first-order valence-corrected chi connectivity index (χ1v) is 6.73. The summed E-state index contributed by atoms with van der Waals surface area (Å²) in [5.74, 6) is -0.0535. The summed E-state index contributed by atoms with van der Waals surface area (Å²) in [7, 11) is 0. The minimum atomic E-state index is -0.151. The first kappa shape index (κ1) is 13.9. The maximum atomic E-state index is 11.5. The van der Waals surface area contributed by atoms with Crippen LogP contribution in [0.4, 0.5) is 5.69 Å². The lowest BCUT2D eigenvalue weighted by atomic mass is 10.1. The zero-order valence-corrected chi connectivity index (χ0v) is 11.9. The summed E-state index contributed by atoms with van der Waals surface area (Å²) >= 11 is 0. The fraction of sp³-hybridized carbons (Fsp3) is 0.0588.